The van der Waals surface area contributed by atoms with Gasteiger partial charge in [0.1, 0.15) is 0 Å². The molecule has 1 saturated heterocycles. The van der Waals surface area contributed by atoms with Gasteiger partial charge in [0.05, 0.1) is 6.04 Å². The van der Waals surface area contributed by atoms with Crippen LogP contribution in [0.4, 0.5) is 5.69 Å². The summed E-state index contributed by atoms with van der Waals surface area (Å²) in [5, 5.41) is 5.50. The Hall–Kier alpha value is -1.82. The molecule has 2 amide bonds. The largest absolute Gasteiger partial charge is 0.341 e. The third-order valence-corrected chi connectivity index (χ3v) is 4.19. The second-order valence-corrected chi connectivity index (χ2v) is 6.30. The van der Waals surface area contributed by atoms with E-state index in [9.17, 15) is 14.4 Å². The molecule has 1 fully saturated rings. The van der Waals surface area contributed by atoms with Gasteiger partial charge in [0.15, 0.2) is 0 Å². The first-order valence-corrected chi connectivity index (χ1v) is 7.84. The summed E-state index contributed by atoms with van der Waals surface area (Å²) in [5.74, 6) is 0.321. The predicted molar refractivity (Wildman–Crippen MR) is 83.2 cm³/mol. The van der Waals surface area contributed by atoms with E-state index in [2.05, 4.69) is 10.6 Å². The molecule has 2 N–H and O–H groups in total. The zero-order valence-corrected chi connectivity index (χ0v) is 12.8. The summed E-state index contributed by atoms with van der Waals surface area (Å²) in [6.45, 7) is 3.63. The van der Waals surface area contributed by atoms with Crippen LogP contribution in [0.5, 0.6) is 0 Å². The first kappa shape index (κ1) is 15.6. The Labute approximate surface area is 127 Å². The van der Waals surface area contributed by atoms with Crippen LogP contribution in [-0.4, -0.2) is 28.7 Å². The van der Waals surface area contributed by atoms with Crippen LogP contribution in [0, 0.1) is 5.92 Å². The van der Waals surface area contributed by atoms with Crippen molar-refractivity contribution < 1.29 is 14.4 Å². The highest BCUT2D eigenvalue weighted by Crippen LogP contribution is 2.20. The highest BCUT2D eigenvalue weighted by molar-refractivity contribution is 8.14. The zero-order chi connectivity index (χ0) is 15.4. The van der Waals surface area contributed by atoms with E-state index in [0.717, 1.165) is 5.75 Å². The van der Waals surface area contributed by atoms with Gasteiger partial charge in [-0.1, -0.05) is 25.6 Å². The number of carbonyl (C=O) groups excluding carboxylic acids is 3. The molecule has 6 heteroatoms. The van der Waals surface area contributed by atoms with Crippen LogP contribution in [0.3, 0.4) is 0 Å². The maximum atomic E-state index is 12.0. The summed E-state index contributed by atoms with van der Waals surface area (Å²) < 4.78 is 0. The van der Waals surface area contributed by atoms with Gasteiger partial charge in [-0.2, -0.15) is 0 Å². The lowest BCUT2D eigenvalue weighted by Gasteiger charge is -2.11. The van der Waals surface area contributed by atoms with Crippen molar-refractivity contribution in [1.29, 1.82) is 0 Å². The number of thioether (sulfide) groups is 1. The molecule has 5 nitrogen and oxygen atoms in total. The fraction of sp³-hybridized carbons (Fsp3) is 0.400. The average Bonchev–Trinajstić information content (AvgIpc) is 2.85. The lowest BCUT2D eigenvalue weighted by Crippen LogP contribution is -2.37. The first-order chi connectivity index (χ1) is 9.97. The maximum absolute atomic E-state index is 12.0. The van der Waals surface area contributed by atoms with Crippen LogP contribution >= 0.6 is 11.8 Å². The summed E-state index contributed by atoms with van der Waals surface area (Å²) in [4.78, 5) is 35.1. The Morgan fingerprint density at radius 3 is 2.43 bits per heavy atom. The van der Waals surface area contributed by atoms with Crippen LogP contribution in [0.15, 0.2) is 24.3 Å². The second kappa shape index (κ2) is 6.76. The van der Waals surface area contributed by atoms with Crippen molar-refractivity contribution in [2.45, 2.75) is 26.3 Å². The molecule has 0 aliphatic carbocycles. The van der Waals surface area contributed by atoms with E-state index in [0.29, 0.717) is 17.7 Å². The molecule has 1 aliphatic rings. The molecule has 21 heavy (non-hydrogen) atoms. The van der Waals surface area contributed by atoms with Crippen molar-refractivity contribution in [2.24, 2.45) is 5.92 Å². The number of anilines is 1. The molecule has 0 unspecified atom stereocenters. The summed E-state index contributed by atoms with van der Waals surface area (Å²) in [5.41, 5.74) is 1.12. The molecular formula is C15H18N2O3S. The molecule has 1 atom stereocenters. The number of benzene rings is 1. The molecule has 1 aromatic carbocycles. The summed E-state index contributed by atoms with van der Waals surface area (Å²) in [7, 11) is 0. The maximum Gasteiger partial charge on any atom is 0.251 e. The summed E-state index contributed by atoms with van der Waals surface area (Å²) in [6, 6.07) is 6.25. The Morgan fingerprint density at radius 2 is 1.90 bits per heavy atom. The number of hydrogen-bond acceptors (Lipinski definition) is 4. The predicted octanol–water partition coefficient (Wildman–Crippen LogP) is 2.04. The Balaban J connectivity index is 1.96. The van der Waals surface area contributed by atoms with Crippen molar-refractivity contribution in [1.82, 2.24) is 5.32 Å². The number of nitrogens with one attached hydrogen (secondary N) is 2. The number of amides is 2. The molecule has 1 heterocycles. The van der Waals surface area contributed by atoms with E-state index in [-0.39, 0.29) is 28.9 Å². The van der Waals surface area contributed by atoms with Crippen molar-refractivity contribution in [2.75, 3.05) is 11.1 Å². The van der Waals surface area contributed by atoms with Gasteiger partial charge in [-0.15, -0.1) is 0 Å². The third-order valence-electron chi connectivity index (χ3n) is 3.18. The molecule has 112 valence electrons. The van der Waals surface area contributed by atoms with Crippen LogP contribution in [-0.2, 0) is 9.59 Å². The average molecular weight is 306 g/mol. The molecule has 0 saturated carbocycles. The SMILES string of the molecule is CC(C)C(=O)Nc1ccc(C(=O)N[C@H]2CCSC2=O)cc1. The topological polar surface area (TPSA) is 75.3 Å². The number of carbonyl (C=O) groups is 3. The molecule has 0 radical (unpaired) electrons. The van der Waals surface area contributed by atoms with Crippen molar-refractivity contribution in [3.05, 3.63) is 29.8 Å². The van der Waals surface area contributed by atoms with Gasteiger partial charge in [-0.25, -0.2) is 0 Å². The zero-order valence-electron chi connectivity index (χ0n) is 12.0. The van der Waals surface area contributed by atoms with Crippen molar-refractivity contribution in [3.8, 4) is 0 Å². The fourth-order valence-electron chi connectivity index (χ4n) is 1.86. The standard InChI is InChI=1S/C15H18N2O3S/c1-9(2)13(18)16-11-5-3-10(4-6-11)14(19)17-12-7-8-21-15(12)20/h3-6,9,12H,7-8H2,1-2H3,(H,16,18)(H,17,19)/t12-/m0/s1. The Morgan fingerprint density at radius 1 is 1.24 bits per heavy atom. The van der Waals surface area contributed by atoms with Gasteiger partial charge in [0, 0.05) is 22.9 Å². The first-order valence-electron chi connectivity index (χ1n) is 6.86. The lowest BCUT2D eigenvalue weighted by atomic mass is 10.1. The fourth-order valence-corrected chi connectivity index (χ4v) is 2.79. The van der Waals surface area contributed by atoms with Crippen LogP contribution < -0.4 is 10.6 Å². The quantitative estimate of drug-likeness (QED) is 0.892. The Bertz CT molecular complexity index is 555. The van der Waals surface area contributed by atoms with Gasteiger partial charge in [-0.3, -0.25) is 14.4 Å². The summed E-state index contributed by atoms with van der Waals surface area (Å²) >= 11 is 1.25. The monoisotopic (exact) mass is 306 g/mol. The minimum Gasteiger partial charge on any atom is -0.341 e. The molecular weight excluding hydrogens is 288 g/mol. The van der Waals surface area contributed by atoms with Crippen LogP contribution in [0.25, 0.3) is 0 Å². The van der Waals surface area contributed by atoms with E-state index in [1.165, 1.54) is 11.8 Å². The molecule has 0 bridgehead atoms. The highest BCUT2D eigenvalue weighted by atomic mass is 32.2. The van der Waals surface area contributed by atoms with E-state index in [1.807, 2.05) is 13.8 Å². The molecule has 1 aliphatic heterocycles. The van der Waals surface area contributed by atoms with Gasteiger partial charge >= 0.3 is 0 Å². The summed E-state index contributed by atoms with van der Waals surface area (Å²) in [6.07, 6.45) is 0.678. The van der Waals surface area contributed by atoms with Gasteiger partial charge in [0.25, 0.3) is 5.91 Å². The van der Waals surface area contributed by atoms with Crippen molar-refractivity contribution in [3.63, 3.8) is 0 Å². The third kappa shape index (κ3) is 4.07. The molecule has 1 aromatic rings. The van der Waals surface area contributed by atoms with Gasteiger partial charge < -0.3 is 10.6 Å². The van der Waals surface area contributed by atoms with Crippen molar-refractivity contribution >= 4 is 34.4 Å². The number of rotatable bonds is 4. The van der Waals surface area contributed by atoms with E-state index >= 15 is 0 Å². The van der Waals surface area contributed by atoms with Crippen LogP contribution in [0.2, 0.25) is 0 Å². The van der Waals surface area contributed by atoms with E-state index in [1.54, 1.807) is 24.3 Å². The Kier molecular flexibility index (Phi) is 5.01. The number of hydrogen-bond donors (Lipinski definition) is 2. The van der Waals surface area contributed by atoms with Gasteiger partial charge in [0.2, 0.25) is 11.0 Å². The second-order valence-electron chi connectivity index (χ2n) is 5.20. The van der Waals surface area contributed by atoms with Gasteiger partial charge in [-0.05, 0) is 30.7 Å². The van der Waals surface area contributed by atoms with Crippen LogP contribution in [0.1, 0.15) is 30.6 Å². The molecule has 0 aromatic heterocycles. The lowest BCUT2D eigenvalue weighted by molar-refractivity contribution is -0.119. The smallest absolute Gasteiger partial charge is 0.251 e. The molecule has 2 rings (SSSR count). The minimum absolute atomic E-state index is 0.0177. The normalized spacial score (nSPS) is 17.9. The molecule has 0 spiro atoms. The highest BCUT2D eigenvalue weighted by Gasteiger charge is 2.26. The van der Waals surface area contributed by atoms with E-state index < -0.39 is 0 Å². The minimum atomic E-state index is -0.386. The van der Waals surface area contributed by atoms with E-state index in [4.69, 9.17) is 0 Å².